The molecule has 1 N–H and O–H groups in total. The summed E-state index contributed by atoms with van der Waals surface area (Å²) in [6, 6.07) is 8.20. The summed E-state index contributed by atoms with van der Waals surface area (Å²) in [6.07, 6.45) is 4.80. The molecule has 1 saturated heterocycles. The van der Waals surface area contributed by atoms with Crippen LogP contribution >= 0.6 is 0 Å². The molecule has 0 bridgehead atoms. The van der Waals surface area contributed by atoms with Gasteiger partial charge in [-0.25, -0.2) is 23.4 Å². The SMILES string of the molecule is [C-]#[N+]c1ccc2ncn(-c3nc(N4CC(F)(F)C4)c4[nH]c(=O)n(C(C)c5cccnc5)c4n3)c2c1. The van der Waals surface area contributed by atoms with Crippen molar-refractivity contribution in [2.24, 2.45) is 0 Å². The van der Waals surface area contributed by atoms with Gasteiger partial charge in [-0.3, -0.25) is 14.1 Å². The Balaban J connectivity index is 1.60. The number of nitrogens with one attached hydrogen (secondary N) is 1. The van der Waals surface area contributed by atoms with E-state index in [0.717, 1.165) is 5.56 Å². The van der Waals surface area contributed by atoms with Gasteiger partial charge in [-0.2, -0.15) is 9.97 Å². The van der Waals surface area contributed by atoms with Crippen LogP contribution in [0, 0.1) is 6.57 Å². The summed E-state index contributed by atoms with van der Waals surface area (Å²) in [5.41, 5.74) is 2.49. The van der Waals surface area contributed by atoms with Gasteiger partial charge in [0.25, 0.3) is 5.92 Å². The summed E-state index contributed by atoms with van der Waals surface area (Å²) >= 11 is 0. The molecule has 0 aliphatic carbocycles. The highest BCUT2D eigenvalue weighted by atomic mass is 19.3. The fourth-order valence-corrected chi connectivity index (χ4v) is 4.33. The molecule has 1 aliphatic heterocycles. The van der Waals surface area contributed by atoms with E-state index in [1.165, 1.54) is 15.8 Å². The lowest BCUT2D eigenvalue weighted by atomic mass is 10.1. The van der Waals surface area contributed by atoms with Gasteiger partial charge >= 0.3 is 5.69 Å². The molecule has 5 aromatic rings. The molecule has 0 amide bonds. The van der Waals surface area contributed by atoms with Gasteiger partial charge in [0.1, 0.15) is 11.8 Å². The number of pyridine rings is 1. The number of hydrogen-bond acceptors (Lipinski definition) is 6. The van der Waals surface area contributed by atoms with Crippen LogP contribution in [0.5, 0.6) is 0 Å². The van der Waals surface area contributed by atoms with E-state index < -0.39 is 30.7 Å². The van der Waals surface area contributed by atoms with Crippen molar-refractivity contribution in [3.05, 3.63) is 76.5 Å². The molecule has 1 fully saturated rings. The van der Waals surface area contributed by atoms with Crippen LogP contribution in [0.2, 0.25) is 0 Å². The predicted octanol–water partition coefficient (Wildman–Crippen LogP) is 3.47. The standard InChI is InChI=1S/C23H17F2N9O/c1-13(14-4-3-7-27-9-14)34-20-18(29-22(34)35)19(32-10-23(24,25)11-32)30-21(31-20)33-12-28-16-6-5-15(26-2)8-17(16)33/h3-9,12-13H,10-11H2,1H3,(H,29,35). The third-order valence-electron chi connectivity index (χ3n) is 6.11. The van der Waals surface area contributed by atoms with Crippen LogP contribution in [-0.4, -0.2) is 53.1 Å². The van der Waals surface area contributed by atoms with Gasteiger partial charge < -0.3 is 9.88 Å². The highest BCUT2D eigenvalue weighted by Gasteiger charge is 2.45. The van der Waals surface area contributed by atoms with Crippen LogP contribution in [-0.2, 0) is 0 Å². The lowest BCUT2D eigenvalue weighted by molar-refractivity contribution is -0.0265. The molecular formula is C23H17F2N9O. The van der Waals surface area contributed by atoms with E-state index in [1.54, 1.807) is 41.2 Å². The van der Waals surface area contributed by atoms with E-state index >= 15 is 0 Å². The van der Waals surface area contributed by atoms with Gasteiger partial charge in [-0.1, -0.05) is 12.1 Å². The second-order valence-corrected chi connectivity index (χ2v) is 8.42. The number of H-pyrrole nitrogens is 1. The molecule has 0 radical (unpaired) electrons. The smallest absolute Gasteiger partial charge is 0.328 e. The minimum atomic E-state index is -2.84. The number of halogens is 2. The summed E-state index contributed by atoms with van der Waals surface area (Å²) < 4.78 is 30.6. The van der Waals surface area contributed by atoms with E-state index in [2.05, 4.69) is 29.8 Å². The highest BCUT2D eigenvalue weighted by Crippen LogP contribution is 2.35. The van der Waals surface area contributed by atoms with Crippen LogP contribution in [0.15, 0.2) is 53.8 Å². The molecule has 0 spiro atoms. The van der Waals surface area contributed by atoms with Gasteiger partial charge in [-0.05, 0) is 30.7 Å². The van der Waals surface area contributed by atoms with E-state index in [0.29, 0.717) is 16.7 Å². The first-order valence-corrected chi connectivity index (χ1v) is 10.7. The van der Waals surface area contributed by atoms with E-state index in [-0.39, 0.29) is 22.9 Å². The van der Waals surface area contributed by atoms with Crippen LogP contribution < -0.4 is 10.6 Å². The molecule has 4 aromatic heterocycles. The van der Waals surface area contributed by atoms with Crippen LogP contribution in [0.4, 0.5) is 20.3 Å². The Hall–Kier alpha value is -4.66. The number of alkyl halides is 2. The van der Waals surface area contributed by atoms with Crippen molar-refractivity contribution in [1.82, 2.24) is 34.1 Å². The highest BCUT2D eigenvalue weighted by molar-refractivity contribution is 5.86. The summed E-state index contributed by atoms with van der Waals surface area (Å²) in [7, 11) is 0. The molecule has 12 heteroatoms. The Labute approximate surface area is 196 Å². The summed E-state index contributed by atoms with van der Waals surface area (Å²) in [6.45, 7) is 8.11. The first-order chi connectivity index (χ1) is 16.8. The fraction of sp³-hybridized carbons (Fsp3) is 0.217. The molecule has 0 saturated carbocycles. The number of anilines is 1. The fourth-order valence-electron chi connectivity index (χ4n) is 4.33. The third-order valence-corrected chi connectivity index (χ3v) is 6.11. The molecule has 10 nitrogen and oxygen atoms in total. The zero-order valence-corrected chi connectivity index (χ0v) is 18.4. The zero-order chi connectivity index (χ0) is 24.3. The largest absolute Gasteiger partial charge is 0.342 e. The van der Waals surface area contributed by atoms with Crippen molar-refractivity contribution in [2.75, 3.05) is 18.0 Å². The van der Waals surface area contributed by atoms with Crippen molar-refractivity contribution in [3.63, 3.8) is 0 Å². The first-order valence-electron chi connectivity index (χ1n) is 10.7. The molecule has 1 unspecified atom stereocenters. The van der Waals surface area contributed by atoms with Gasteiger partial charge in [-0.15, -0.1) is 0 Å². The van der Waals surface area contributed by atoms with E-state index in [4.69, 9.17) is 6.57 Å². The van der Waals surface area contributed by atoms with Crippen molar-refractivity contribution >= 4 is 33.7 Å². The molecule has 174 valence electrons. The van der Waals surface area contributed by atoms with Gasteiger partial charge in [0.05, 0.1) is 36.7 Å². The Morgan fingerprint density at radius 3 is 2.77 bits per heavy atom. The van der Waals surface area contributed by atoms with E-state index in [1.807, 2.05) is 13.0 Å². The lowest BCUT2D eigenvalue weighted by Crippen LogP contribution is -2.56. The number of rotatable bonds is 4. The number of aromatic nitrogens is 7. The summed E-state index contributed by atoms with van der Waals surface area (Å²) in [4.78, 5) is 38.4. The second-order valence-electron chi connectivity index (χ2n) is 8.42. The molecule has 6 rings (SSSR count). The van der Waals surface area contributed by atoms with Crippen LogP contribution in [0.3, 0.4) is 0 Å². The van der Waals surface area contributed by atoms with Crippen molar-refractivity contribution in [3.8, 4) is 5.95 Å². The minimum absolute atomic E-state index is 0.151. The summed E-state index contributed by atoms with van der Waals surface area (Å²) in [5.74, 6) is -2.48. The number of fused-ring (bicyclic) bond motifs is 2. The van der Waals surface area contributed by atoms with Crippen LogP contribution in [0.25, 0.3) is 33.0 Å². The number of nitrogens with zero attached hydrogens (tertiary/aromatic N) is 8. The number of benzene rings is 1. The molecule has 5 heterocycles. The first kappa shape index (κ1) is 20.9. The molecule has 35 heavy (non-hydrogen) atoms. The van der Waals surface area contributed by atoms with Gasteiger partial charge in [0.15, 0.2) is 17.2 Å². The quantitative estimate of drug-likeness (QED) is 0.401. The normalized spacial score (nSPS) is 15.8. The molecule has 1 aliphatic rings. The maximum atomic E-state index is 13.8. The minimum Gasteiger partial charge on any atom is -0.342 e. The van der Waals surface area contributed by atoms with Crippen LogP contribution in [0.1, 0.15) is 18.5 Å². The number of hydrogen-bond donors (Lipinski definition) is 1. The van der Waals surface area contributed by atoms with Gasteiger partial charge in [0.2, 0.25) is 5.95 Å². The second kappa shape index (κ2) is 7.42. The number of aromatic amines is 1. The Morgan fingerprint density at radius 1 is 1.23 bits per heavy atom. The third kappa shape index (κ3) is 3.31. The maximum Gasteiger partial charge on any atom is 0.328 e. The van der Waals surface area contributed by atoms with E-state index in [9.17, 15) is 13.6 Å². The lowest BCUT2D eigenvalue weighted by Gasteiger charge is -2.39. The average Bonchev–Trinajstić information content (AvgIpc) is 3.41. The topological polar surface area (TPSA) is 102 Å². The average molecular weight is 473 g/mol. The van der Waals surface area contributed by atoms with Crippen molar-refractivity contribution < 1.29 is 8.78 Å². The van der Waals surface area contributed by atoms with Gasteiger partial charge in [0, 0.05) is 12.4 Å². The van der Waals surface area contributed by atoms with Crippen molar-refractivity contribution in [2.45, 2.75) is 18.9 Å². The predicted molar refractivity (Wildman–Crippen MR) is 124 cm³/mol. The Kier molecular flexibility index (Phi) is 4.44. The number of imidazole rings is 2. The Morgan fingerprint density at radius 2 is 2.06 bits per heavy atom. The zero-order valence-electron chi connectivity index (χ0n) is 18.4. The molecular weight excluding hydrogens is 456 g/mol. The Bertz CT molecular complexity index is 1690. The molecule has 1 aromatic carbocycles. The summed E-state index contributed by atoms with van der Waals surface area (Å²) in [5, 5.41) is 0. The maximum absolute atomic E-state index is 13.8. The monoisotopic (exact) mass is 473 g/mol. The molecule has 1 atom stereocenters. The van der Waals surface area contributed by atoms with Crippen molar-refractivity contribution in [1.29, 1.82) is 0 Å².